The molecule has 0 bridgehead atoms. The molecule has 6 heteroatoms. The van der Waals surface area contributed by atoms with Crippen molar-refractivity contribution in [1.29, 1.82) is 0 Å². The molecule has 0 saturated heterocycles. The second kappa shape index (κ2) is 8.92. The Kier molecular flexibility index (Phi) is 13.3. The highest BCUT2D eigenvalue weighted by Gasteiger charge is 1.45. The molecule has 0 fully saturated rings. The van der Waals surface area contributed by atoms with E-state index in [1.807, 2.05) is 0 Å². The van der Waals surface area contributed by atoms with Gasteiger partial charge in [-0.2, -0.15) is 0 Å². The summed E-state index contributed by atoms with van der Waals surface area (Å²) >= 11 is 0. The van der Waals surface area contributed by atoms with Crippen LogP contribution >= 0.6 is 0 Å². The maximum absolute atomic E-state index is 8.25. The fourth-order valence-electron chi connectivity index (χ4n) is 0. The van der Waals surface area contributed by atoms with Gasteiger partial charge in [-0.25, -0.2) is 0 Å². The number of rotatable bonds is 0. The lowest BCUT2D eigenvalue weighted by Crippen LogP contribution is -1.74. The molecule has 0 unspecified atom stereocenters. The first-order valence-corrected chi connectivity index (χ1v) is 0.748. The van der Waals surface area contributed by atoms with Gasteiger partial charge < -0.3 is 15.3 Å². The van der Waals surface area contributed by atoms with E-state index in [0.29, 0.717) is 0 Å². The molecule has 0 aliphatic heterocycles. The monoisotopic (exact) mass is 96.0 g/mol. The topological polar surface area (TPSA) is 107 Å². The average molecular weight is 96.0 g/mol. The van der Waals surface area contributed by atoms with Crippen molar-refractivity contribution in [1.82, 2.24) is 0 Å². The van der Waals surface area contributed by atoms with Gasteiger partial charge in [0, 0.05) is 0 Å². The molecule has 0 aliphatic rings. The van der Waals surface area contributed by atoms with Crippen molar-refractivity contribution in [3.8, 4) is 0 Å². The Morgan fingerprint density at radius 1 is 1.33 bits per heavy atom. The van der Waals surface area contributed by atoms with Crippen LogP contribution in [0.2, 0.25) is 0 Å². The van der Waals surface area contributed by atoms with Crippen LogP contribution in [0.15, 0.2) is 0 Å². The minimum Gasteiger partial charge on any atom is -0.356 e. The fraction of sp³-hybridized carbons (Fsp3) is 0. The highest BCUT2D eigenvalue weighted by Crippen LogP contribution is 1.44. The summed E-state index contributed by atoms with van der Waals surface area (Å²) in [7, 11) is 0. The van der Waals surface area contributed by atoms with Crippen LogP contribution in [0, 0.1) is 15.3 Å². The van der Waals surface area contributed by atoms with Crippen molar-refractivity contribution in [2.24, 2.45) is 0 Å². The Bertz CT molecular complexity index is 26.9. The van der Waals surface area contributed by atoms with Gasteiger partial charge in [-0.3, -0.25) is 10.5 Å². The molecule has 0 rings (SSSR count). The van der Waals surface area contributed by atoms with Crippen LogP contribution in [0.4, 0.5) is 0 Å². The third-order valence-electron chi connectivity index (χ3n) is 0. The maximum Gasteiger partial charge on any atom is 0.0689 e. The first-order chi connectivity index (χ1) is 2.73. The van der Waals surface area contributed by atoms with Crippen LogP contribution in [0.5, 0.6) is 0 Å². The molecule has 0 aromatic heterocycles. The predicted octanol–water partition coefficient (Wildman–Crippen LogP) is -0.222. The van der Waals surface area contributed by atoms with Gasteiger partial charge in [0.15, 0.2) is 0 Å². The Labute approximate surface area is 32.3 Å². The van der Waals surface area contributed by atoms with E-state index in [1.54, 1.807) is 0 Å². The molecule has 38 valence electrons. The summed E-state index contributed by atoms with van der Waals surface area (Å²) in [6, 6.07) is 0. The summed E-state index contributed by atoms with van der Waals surface area (Å²) in [6.07, 6.45) is 0. The summed E-state index contributed by atoms with van der Waals surface area (Å²) in [4.78, 5) is 8.25. The van der Waals surface area contributed by atoms with Crippen LogP contribution in [-0.2, 0) is 0 Å². The van der Waals surface area contributed by atoms with E-state index in [-0.39, 0.29) is 0 Å². The van der Waals surface area contributed by atoms with Gasteiger partial charge in [0.25, 0.3) is 0 Å². The fourth-order valence-corrected chi connectivity index (χ4v) is 0. The molecule has 0 heterocycles. The van der Waals surface area contributed by atoms with Crippen molar-refractivity contribution in [2.75, 3.05) is 0 Å². The Balaban J connectivity index is 0. The molecular weight excluding hydrogens is 94.0 g/mol. The molecule has 2 N–H and O–H groups in total. The number of hydrogen-bond donors (Lipinski definition) is 2. The minimum atomic E-state index is -1.75. The predicted molar refractivity (Wildman–Crippen MR) is 15.6 cm³/mol. The summed E-state index contributed by atoms with van der Waals surface area (Å²) in [5.74, 6) is 0. The Morgan fingerprint density at radius 2 is 1.33 bits per heavy atom. The zero-order chi connectivity index (χ0) is 5.58. The molecule has 0 saturated carbocycles. The van der Waals surface area contributed by atoms with E-state index in [4.69, 9.17) is 25.8 Å². The van der Waals surface area contributed by atoms with Gasteiger partial charge in [-0.15, -0.1) is 0 Å². The molecular formula is H2NO5-. The average Bonchev–Trinajstić information content (AvgIpc) is 1.41. The largest absolute Gasteiger partial charge is 0.356 e. The zero-order valence-electron chi connectivity index (χ0n) is 2.57. The molecule has 0 aromatic carbocycles. The second-order valence-electron chi connectivity index (χ2n) is 0.224. The Morgan fingerprint density at radius 3 is 1.33 bits per heavy atom. The van der Waals surface area contributed by atoms with Gasteiger partial charge >= 0.3 is 0 Å². The standard InChI is InChI=1S/NO3.H2O2/c2-1(3)4;1-2/h;1-2H/q-1;. The van der Waals surface area contributed by atoms with Gasteiger partial charge in [0.1, 0.15) is 0 Å². The number of nitrogens with zero attached hydrogens (tertiary/aromatic N) is 1. The van der Waals surface area contributed by atoms with Crippen LogP contribution in [0.1, 0.15) is 0 Å². The molecule has 6 nitrogen and oxygen atoms in total. The SMILES string of the molecule is O=[N+]([O-])[O-].OO. The van der Waals surface area contributed by atoms with E-state index >= 15 is 0 Å². The van der Waals surface area contributed by atoms with Gasteiger partial charge in [0.05, 0.1) is 5.09 Å². The molecule has 0 spiro atoms. The molecule has 0 aromatic rings. The van der Waals surface area contributed by atoms with E-state index in [9.17, 15) is 0 Å². The minimum absolute atomic E-state index is 1.75. The first kappa shape index (κ1) is 8.93. The quantitative estimate of drug-likeness (QED) is 0.246. The third kappa shape index (κ3) is 18.1. The highest BCUT2D eigenvalue weighted by molar-refractivity contribution is 4.03. The highest BCUT2D eigenvalue weighted by atomic mass is 17.0. The summed E-state index contributed by atoms with van der Waals surface area (Å²) < 4.78 is 0. The van der Waals surface area contributed by atoms with Crippen molar-refractivity contribution in [3.63, 3.8) is 0 Å². The lowest BCUT2D eigenvalue weighted by molar-refractivity contribution is -0.402. The van der Waals surface area contributed by atoms with Crippen molar-refractivity contribution in [2.45, 2.75) is 0 Å². The zero-order valence-corrected chi connectivity index (χ0v) is 2.57. The van der Waals surface area contributed by atoms with Crippen molar-refractivity contribution >= 4 is 0 Å². The smallest absolute Gasteiger partial charge is 0.0689 e. The molecule has 0 aliphatic carbocycles. The number of hydrogen-bond acceptors (Lipinski definition) is 5. The summed E-state index contributed by atoms with van der Waals surface area (Å²) in [5, 5.41) is 26.8. The van der Waals surface area contributed by atoms with Crippen molar-refractivity contribution < 1.29 is 15.6 Å². The van der Waals surface area contributed by atoms with Crippen LogP contribution < -0.4 is 0 Å². The van der Waals surface area contributed by atoms with Crippen LogP contribution in [0.3, 0.4) is 0 Å². The first-order valence-electron chi connectivity index (χ1n) is 0.748. The Hall–Kier alpha value is -0.880. The van der Waals surface area contributed by atoms with E-state index in [1.165, 1.54) is 0 Å². The van der Waals surface area contributed by atoms with Crippen LogP contribution in [-0.4, -0.2) is 15.6 Å². The lowest BCUT2D eigenvalue weighted by Gasteiger charge is -1.74. The third-order valence-corrected chi connectivity index (χ3v) is 0. The molecule has 0 atom stereocenters. The molecule has 6 heavy (non-hydrogen) atoms. The molecule has 0 amide bonds. The summed E-state index contributed by atoms with van der Waals surface area (Å²) in [6.45, 7) is 0. The van der Waals surface area contributed by atoms with Gasteiger partial charge in [0.2, 0.25) is 0 Å². The van der Waals surface area contributed by atoms with Crippen molar-refractivity contribution in [3.05, 3.63) is 15.3 Å². The van der Waals surface area contributed by atoms with Gasteiger partial charge in [-0.1, -0.05) is 0 Å². The molecule has 0 radical (unpaired) electrons. The lowest BCUT2D eigenvalue weighted by atomic mass is 13.1. The second-order valence-corrected chi connectivity index (χ2v) is 0.224. The summed E-state index contributed by atoms with van der Waals surface area (Å²) in [5.41, 5.74) is 0. The maximum atomic E-state index is 8.25. The van der Waals surface area contributed by atoms with E-state index < -0.39 is 5.09 Å². The normalized spacial score (nSPS) is 5.00. The van der Waals surface area contributed by atoms with E-state index in [0.717, 1.165) is 0 Å². The van der Waals surface area contributed by atoms with Crippen LogP contribution in [0.25, 0.3) is 0 Å². The van der Waals surface area contributed by atoms with Gasteiger partial charge in [-0.05, 0) is 0 Å². The van der Waals surface area contributed by atoms with E-state index in [2.05, 4.69) is 0 Å².